The quantitative estimate of drug-likeness (QED) is 0.456. The first-order valence-electron chi connectivity index (χ1n) is 13.1. The molecule has 9 nitrogen and oxygen atoms in total. The van der Waals surface area contributed by atoms with Gasteiger partial charge in [0.1, 0.15) is 0 Å². The maximum atomic E-state index is 13.9. The van der Waals surface area contributed by atoms with E-state index in [1.165, 1.54) is 12.1 Å². The molecule has 1 heterocycles. The third kappa shape index (κ3) is 5.15. The minimum Gasteiger partial charge on any atom is -0.427 e. The molecule has 1 aliphatic heterocycles. The number of carbonyl (C=O) groups is 4. The van der Waals surface area contributed by atoms with Crippen LogP contribution >= 0.6 is 0 Å². The molecule has 212 valence electrons. The van der Waals surface area contributed by atoms with Crippen molar-refractivity contribution in [2.24, 2.45) is 11.7 Å². The van der Waals surface area contributed by atoms with Crippen molar-refractivity contribution in [1.82, 2.24) is 10.2 Å². The highest BCUT2D eigenvalue weighted by atomic mass is 19.4. The second-order valence-corrected chi connectivity index (χ2v) is 10.6. The molecule has 3 atom stereocenters. The largest absolute Gasteiger partial charge is 0.427 e. The maximum Gasteiger partial charge on any atom is 0.415 e. The minimum atomic E-state index is -4.97. The Balaban J connectivity index is 1.52. The summed E-state index contributed by atoms with van der Waals surface area (Å²) in [6.07, 6.45) is -3.87. The molecule has 0 bridgehead atoms. The lowest BCUT2D eigenvalue weighted by Crippen LogP contribution is -2.47. The Kier molecular flexibility index (Phi) is 7.07. The molecule has 40 heavy (non-hydrogen) atoms. The van der Waals surface area contributed by atoms with Crippen LogP contribution in [-0.2, 0) is 44.1 Å². The van der Waals surface area contributed by atoms with Crippen molar-refractivity contribution < 1.29 is 37.1 Å². The fourth-order valence-electron chi connectivity index (χ4n) is 5.56. The number of nitrogens with zero attached hydrogens (tertiary/aromatic N) is 1. The summed E-state index contributed by atoms with van der Waals surface area (Å²) in [5.41, 5.74) is 5.49. The van der Waals surface area contributed by atoms with E-state index < -0.39 is 35.7 Å². The summed E-state index contributed by atoms with van der Waals surface area (Å²) in [6, 6.07) is 9.30. The number of halogens is 3. The number of hydrogen-bond acceptors (Lipinski definition) is 6. The number of hydrogen-bond donors (Lipinski definition) is 3. The van der Waals surface area contributed by atoms with Gasteiger partial charge in [-0.3, -0.25) is 19.7 Å². The first-order valence-corrected chi connectivity index (χ1v) is 13.1. The van der Waals surface area contributed by atoms with E-state index in [0.717, 1.165) is 18.4 Å². The van der Waals surface area contributed by atoms with Crippen molar-refractivity contribution >= 4 is 29.5 Å². The van der Waals surface area contributed by atoms with Crippen LogP contribution in [0.15, 0.2) is 42.5 Å². The van der Waals surface area contributed by atoms with Crippen LogP contribution in [-0.4, -0.2) is 47.0 Å². The van der Waals surface area contributed by atoms with Gasteiger partial charge in [0.15, 0.2) is 6.04 Å². The van der Waals surface area contributed by atoms with E-state index >= 15 is 0 Å². The molecule has 2 aromatic carbocycles. The first kappa shape index (κ1) is 27.6. The molecule has 0 radical (unpaired) electrons. The van der Waals surface area contributed by atoms with Gasteiger partial charge < -0.3 is 20.7 Å². The van der Waals surface area contributed by atoms with Gasteiger partial charge in [0.25, 0.3) is 11.8 Å². The average molecular weight is 559 g/mol. The van der Waals surface area contributed by atoms with Gasteiger partial charge in [-0.15, -0.1) is 0 Å². The van der Waals surface area contributed by atoms with E-state index in [4.69, 9.17) is 10.5 Å². The summed E-state index contributed by atoms with van der Waals surface area (Å²) in [4.78, 5) is 52.7. The Morgan fingerprint density at radius 1 is 1.18 bits per heavy atom. The van der Waals surface area contributed by atoms with E-state index in [-0.39, 0.29) is 42.5 Å². The summed E-state index contributed by atoms with van der Waals surface area (Å²) in [5, 5.41) is 4.36. The van der Waals surface area contributed by atoms with Crippen molar-refractivity contribution in [2.75, 3.05) is 5.32 Å². The zero-order chi connectivity index (χ0) is 28.8. The molecule has 0 aromatic heterocycles. The lowest BCUT2D eigenvalue weighted by Gasteiger charge is -2.31. The van der Waals surface area contributed by atoms with E-state index in [1.807, 2.05) is 37.3 Å². The van der Waals surface area contributed by atoms with Gasteiger partial charge >= 0.3 is 12.3 Å². The summed E-state index contributed by atoms with van der Waals surface area (Å²) >= 11 is 0. The molecular weight excluding hydrogens is 529 g/mol. The van der Waals surface area contributed by atoms with Crippen LogP contribution < -0.4 is 16.4 Å². The van der Waals surface area contributed by atoms with Gasteiger partial charge in [-0.05, 0) is 54.9 Å². The summed E-state index contributed by atoms with van der Waals surface area (Å²) in [5.74, 6) is -2.09. The van der Waals surface area contributed by atoms with Crippen molar-refractivity contribution in [2.45, 2.75) is 69.4 Å². The van der Waals surface area contributed by atoms with Crippen molar-refractivity contribution in [3.63, 3.8) is 0 Å². The molecule has 1 saturated heterocycles. The number of amides is 4. The van der Waals surface area contributed by atoms with Gasteiger partial charge in [0.05, 0.1) is 6.42 Å². The molecule has 5 rings (SSSR count). The average Bonchev–Trinajstić information content (AvgIpc) is 3.63. The molecule has 3 aliphatic rings. The number of carbonyl (C=O) groups excluding carboxylic acids is 4. The first-order chi connectivity index (χ1) is 18.9. The molecule has 2 fully saturated rings. The van der Waals surface area contributed by atoms with Crippen LogP contribution in [0.25, 0.3) is 0 Å². The van der Waals surface area contributed by atoms with Gasteiger partial charge in [-0.2, -0.15) is 13.2 Å². The van der Waals surface area contributed by atoms with Crippen LogP contribution in [0.5, 0.6) is 0 Å². The van der Waals surface area contributed by atoms with Gasteiger partial charge in [-0.25, -0.2) is 4.79 Å². The van der Waals surface area contributed by atoms with Crippen LogP contribution in [0.4, 0.5) is 23.7 Å². The number of alkyl carbamates (subject to hydrolysis) is 1. The molecule has 2 aromatic rings. The van der Waals surface area contributed by atoms with E-state index in [9.17, 15) is 32.3 Å². The topological polar surface area (TPSA) is 131 Å². The second kappa shape index (κ2) is 10.2. The van der Waals surface area contributed by atoms with Gasteiger partial charge in [0, 0.05) is 30.3 Å². The maximum absolute atomic E-state index is 13.9. The minimum absolute atomic E-state index is 0.0164. The van der Waals surface area contributed by atoms with Crippen LogP contribution in [0.3, 0.4) is 0 Å². The van der Waals surface area contributed by atoms with E-state index in [0.29, 0.717) is 23.6 Å². The molecule has 2 aliphatic carbocycles. The molecule has 12 heteroatoms. The van der Waals surface area contributed by atoms with Crippen LogP contribution in [0.1, 0.15) is 48.4 Å². The lowest BCUT2D eigenvalue weighted by atomic mass is 9.91. The Bertz CT molecular complexity index is 1360. The number of ether oxygens (including phenoxy) is 1. The summed E-state index contributed by atoms with van der Waals surface area (Å²) in [7, 11) is 0. The molecular formula is C28H29F3N4O5. The second-order valence-electron chi connectivity index (χ2n) is 10.6. The number of anilines is 1. The number of nitrogens with two attached hydrogens (primary N) is 1. The van der Waals surface area contributed by atoms with Crippen LogP contribution in [0.2, 0.25) is 0 Å². The molecule has 1 spiro atoms. The molecule has 1 saturated carbocycles. The zero-order valence-electron chi connectivity index (χ0n) is 21.7. The highest BCUT2D eigenvalue weighted by molar-refractivity contribution is 6.04. The Labute approximate surface area is 228 Å². The third-order valence-corrected chi connectivity index (χ3v) is 7.98. The Morgan fingerprint density at radius 2 is 1.88 bits per heavy atom. The summed E-state index contributed by atoms with van der Waals surface area (Å²) in [6.45, 7) is 2.30. The SMILES string of the molecule is C[C@@H](C1CC1)N(Cc1ccccc1)C(=O)Cc1c(NC(=O)C(N)C(F)(F)F)ccc2c1CCC21OC(=O)NC1=O. The highest BCUT2D eigenvalue weighted by Crippen LogP contribution is 2.46. The Hall–Kier alpha value is -3.93. The van der Waals surface area contributed by atoms with Crippen LogP contribution in [0, 0.1) is 5.92 Å². The molecule has 2 unspecified atom stereocenters. The fraction of sp³-hybridized carbons (Fsp3) is 0.429. The molecule has 4 amide bonds. The smallest absolute Gasteiger partial charge is 0.415 e. The van der Waals surface area contributed by atoms with Gasteiger partial charge in [-0.1, -0.05) is 36.4 Å². The summed E-state index contributed by atoms with van der Waals surface area (Å²) < 4.78 is 44.8. The predicted octanol–water partition coefficient (Wildman–Crippen LogP) is 3.29. The van der Waals surface area contributed by atoms with E-state index in [2.05, 4.69) is 10.6 Å². The fourth-order valence-corrected chi connectivity index (χ4v) is 5.56. The van der Waals surface area contributed by atoms with Crippen molar-refractivity contribution in [3.8, 4) is 0 Å². The van der Waals surface area contributed by atoms with Gasteiger partial charge in [0.2, 0.25) is 11.5 Å². The van der Waals surface area contributed by atoms with Crippen molar-refractivity contribution in [1.29, 1.82) is 0 Å². The third-order valence-electron chi connectivity index (χ3n) is 7.98. The zero-order valence-corrected chi connectivity index (χ0v) is 21.7. The lowest BCUT2D eigenvalue weighted by molar-refractivity contribution is -0.159. The van der Waals surface area contributed by atoms with E-state index in [1.54, 1.807) is 4.90 Å². The van der Waals surface area contributed by atoms with Crippen molar-refractivity contribution in [3.05, 3.63) is 64.7 Å². The Morgan fingerprint density at radius 3 is 2.48 bits per heavy atom. The molecule has 4 N–H and O–H groups in total. The number of benzene rings is 2. The monoisotopic (exact) mass is 558 g/mol. The number of fused-ring (bicyclic) bond motifs is 2. The standard InChI is InChI=1S/C28H29F3N4O5/c1-15(17-7-8-17)35(14-16-5-3-2-4-6-16)22(36)13-19-18-11-12-27(25(38)34-26(39)40-27)20(18)9-10-21(19)33-24(37)23(32)28(29,30)31/h2-6,9-10,15,17,23H,7-8,11-14,32H2,1H3,(H,33,37)(H,34,38,39)/t15-,23?,27?/m0/s1. The number of alkyl halides is 3. The number of imide groups is 1. The number of nitrogens with one attached hydrogen (secondary N) is 2. The highest BCUT2D eigenvalue weighted by Gasteiger charge is 2.55. The normalized spacial score (nSPS) is 21.4. The predicted molar refractivity (Wildman–Crippen MR) is 137 cm³/mol. The number of rotatable bonds is 8.